The summed E-state index contributed by atoms with van der Waals surface area (Å²) < 4.78 is 6.70. The molecule has 2 unspecified atom stereocenters. The van der Waals surface area contributed by atoms with Gasteiger partial charge < -0.3 is 5.11 Å². The number of rotatable bonds is 1. The number of nitrogens with zero attached hydrogens (tertiary/aromatic N) is 1. The molecule has 1 aliphatic rings. The molecular formula is C11H21NO3S. The van der Waals surface area contributed by atoms with E-state index in [1.165, 1.54) is 4.31 Å². The third kappa shape index (κ3) is 2.30. The predicted molar refractivity (Wildman–Crippen MR) is 65.0 cm³/mol. The van der Waals surface area contributed by atoms with Crippen LogP contribution in [0.25, 0.3) is 0 Å². The lowest BCUT2D eigenvalue weighted by Crippen LogP contribution is -2.58. The largest absolute Gasteiger partial charge is 0.464 e. The highest BCUT2D eigenvalue weighted by atomic mass is 32.2. The molecule has 0 radical (unpaired) electrons. The minimum Gasteiger partial charge on any atom is -0.464 e. The van der Waals surface area contributed by atoms with Crippen molar-refractivity contribution >= 4 is 18.3 Å². The first kappa shape index (κ1) is 13.6. The number of carboxylic acid groups (broad SMARTS) is 1. The normalized spacial score (nSPS) is 31.6. The Labute approximate surface area is 102 Å². The van der Waals surface area contributed by atoms with E-state index in [0.29, 0.717) is 6.61 Å². The van der Waals surface area contributed by atoms with Gasteiger partial charge in [0.2, 0.25) is 0 Å². The molecule has 1 aliphatic heterocycles. The summed E-state index contributed by atoms with van der Waals surface area (Å²) >= 11 is 0.956. The van der Waals surface area contributed by atoms with Gasteiger partial charge in [0, 0.05) is 5.92 Å². The van der Waals surface area contributed by atoms with Gasteiger partial charge >= 0.3 is 6.09 Å². The Morgan fingerprint density at radius 1 is 1.62 bits per heavy atom. The number of amides is 1. The smallest absolute Gasteiger partial charge is 0.419 e. The molecule has 4 nitrogen and oxygen atoms in total. The number of hydrogen-bond donors (Lipinski definition) is 1. The molecule has 0 aromatic rings. The Hall–Kier alpha value is -0.420. The molecule has 1 fully saturated rings. The van der Waals surface area contributed by atoms with Gasteiger partial charge in [-0.1, -0.05) is 27.7 Å². The molecule has 1 N–H and O–H groups in total. The Morgan fingerprint density at radius 2 is 2.19 bits per heavy atom. The molecule has 5 heteroatoms. The molecule has 0 spiro atoms. The second kappa shape index (κ2) is 4.45. The van der Waals surface area contributed by atoms with E-state index < -0.39 is 6.09 Å². The molecule has 1 heterocycles. The van der Waals surface area contributed by atoms with Gasteiger partial charge in [0.15, 0.2) is 0 Å². The fourth-order valence-electron chi connectivity index (χ4n) is 2.38. The molecule has 0 bridgehead atoms. The van der Waals surface area contributed by atoms with Crippen molar-refractivity contribution in [2.75, 3.05) is 6.61 Å². The van der Waals surface area contributed by atoms with Crippen LogP contribution in [0.3, 0.4) is 0 Å². The van der Waals surface area contributed by atoms with Crippen molar-refractivity contribution in [2.45, 2.75) is 46.6 Å². The third-order valence-electron chi connectivity index (χ3n) is 3.51. The Morgan fingerprint density at radius 3 is 2.56 bits per heavy atom. The highest BCUT2D eigenvalue weighted by Crippen LogP contribution is 2.46. The van der Waals surface area contributed by atoms with E-state index in [1.54, 1.807) is 0 Å². The summed E-state index contributed by atoms with van der Waals surface area (Å²) in [5.41, 5.74) is -0.341. The Kier molecular flexibility index (Phi) is 3.80. The zero-order valence-electron chi connectivity index (χ0n) is 10.6. The molecule has 94 valence electrons. The second-order valence-electron chi connectivity index (χ2n) is 5.57. The van der Waals surface area contributed by atoms with Gasteiger partial charge in [-0.15, -0.1) is 0 Å². The van der Waals surface area contributed by atoms with Crippen molar-refractivity contribution in [3.05, 3.63) is 0 Å². The van der Waals surface area contributed by atoms with Crippen LogP contribution in [0.5, 0.6) is 0 Å². The molecule has 1 amide bonds. The summed E-state index contributed by atoms with van der Waals surface area (Å²) in [7, 11) is 0. The number of hydrogen-bond acceptors (Lipinski definition) is 3. The van der Waals surface area contributed by atoms with Gasteiger partial charge in [-0.25, -0.2) is 9.10 Å². The summed E-state index contributed by atoms with van der Waals surface area (Å²) in [5, 5.41) is 9.21. The minimum atomic E-state index is -0.927. The maximum Gasteiger partial charge on any atom is 0.419 e. The van der Waals surface area contributed by atoms with Crippen LogP contribution in [0.15, 0.2) is 0 Å². The zero-order valence-corrected chi connectivity index (χ0v) is 11.4. The van der Waals surface area contributed by atoms with Crippen LogP contribution in [0.2, 0.25) is 0 Å². The fourth-order valence-corrected chi connectivity index (χ4v) is 3.17. The van der Waals surface area contributed by atoms with Crippen molar-refractivity contribution in [3.8, 4) is 0 Å². The van der Waals surface area contributed by atoms with Crippen LogP contribution in [-0.2, 0) is 4.18 Å². The van der Waals surface area contributed by atoms with E-state index in [4.69, 9.17) is 4.18 Å². The molecule has 0 aromatic heterocycles. The van der Waals surface area contributed by atoms with Gasteiger partial charge in [0.1, 0.15) is 12.2 Å². The summed E-state index contributed by atoms with van der Waals surface area (Å²) in [6.07, 6.45) is -0.138. The lowest BCUT2D eigenvalue weighted by atomic mass is 9.68. The average molecular weight is 247 g/mol. The maximum atomic E-state index is 11.2. The van der Waals surface area contributed by atoms with Crippen LogP contribution < -0.4 is 0 Å². The van der Waals surface area contributed by atoms with Crippen LogP contribution in [-0.4, -0.2) is 27.7 Å². The first-order valence-electron chi connectivity index (χ1n) is 5.56. The van der Waals surface area contributed by atoms with Gasteiger partial charge in [0.05, 0.1) is 12.1 Å². The van der Waals surface area contributed by atoms with Gasteiger partial charge in [-0.05, 0) is 18.8 Å². The van der Waals surface area contributed by atoms with Crippen LogP contribution in [0.1, 0.15) is 41.0 Å². The summed E-state index contributed by atoms with van der Waals surface area (Å²) in [4.78, 5) is 11.2. The third-order valence-corrected chi connectivity index (χ3v) is 4.48. The summed E-state index contributed by atoms with van der Waals surface area (Å²) in [6, 6.07) is 0. The second-order valence-corrected chi connectivity index (χ2v) is 6.32. The molecule has 2 atom stereocenters. The topological polar surface area (TPSA) is 49.8 Å². The van der Waals surface area contributed by atoms with Crippen LogP contribution in [0, 0.1) is 11.3 Å². The first-order valence-corrected chi connectivity index (χ1v) is 6.26. The fraction of sp³-hybridized carbons (Fsp3) is 0.909. The summed E-state index contributed by atoms with van der Waals surface area (Å²) in [6.45, 7) is 11.0. The van der Waals surface area contributed by atoms with E-state index >= 15 is 0 Å². The van der Waals surface area contributed by atoms with Gasteiger partial charge in [-0.3, -0.25) is 4.18 Å². The molecular weight excluding hydrogens is 226 g/mol. The zero-order chi connectivity index (χ0) is 12.6. The van der Waals surface area contributed by atoms with Crippen LogP contribution in [0.4, 0.5) is 4.79 Å². The lowest BCUT2D eigenvalue weighted by Gasteiger charge is -2.51. The van der Waals surface area contributed by atoms with Crippen molar-refractivity contribution in [2.24, 2.45) is 11.3 Å². The SMILES string of the molecule is CCC1(C)C(C(C)(C)C)COSN1C(=O)O. The lowest BCUT2D eigenvalue weighted by molar-refractivity contribution is -0.00164. The van der Waals surface area contributed by atoms with Crippen LogP contribution >= 0.6 is 12.2 Å². The quantitative estimate of drug-likeness (QED) is 0.570. The highest BCUT2D eigenvalue weighted by Gasteiger charge is 2.50. The van der Waals surface area contributed by atoms with E-state index in [0.717, 1.165) is 18.6 Å². The Bertz CT molecular complexity index is 277. The average Bonchev–Trinajstić information content (AvgIpc) is 2.15. The minimum absolute atomic E-state index is 0.0272. The molecule has 1 rings (SSSR count). The summed E-state index contributed by atoms with van der Waals surface area (Å²) in [5.74, 6) is 0.197. The van der Waals surface area contributed by atoms with E-state index in [-0.39, 0.29) is 16.9 Å². The molecule has 1 saturated heterocycles. The Balaban J connectivity index is 3.06. The molecule has 0 aromatic carbocycles. The van der Waals surface area contributed by atoms with Gasteiger partial charge in [-0.2, -0.15) is 0 Å². The molecule has 16 heavy (non-hydrogen) atoms. The first-order chi connectivity index (χ1) is 7.23. The van der Waals surface area contributed by atoms with E-state index in [9.17, 15) is 9.90 Å². The monoisotopic (exact) mass is 247 g/mol. The number of carbonyl (C=O) groups is 1. The van der Waals surface area contributed by atoms with Crippen molar-refractivity contribution < 1.29 is 14.1 Å². The van der Waals surface area contributed by atoms with Gasteiger partial charge in [0.25, 0.3) is 0 Å². The van der Waals surface area contributed by atoms with E-state index in [2.05, 4.69) is 20.8 Å². The van der Waals surface area contributed by atoms with Crippen molar-refractivity contribution in [1.82, 2.24) is 4.31 Å². The van der Waals surface area contributed by atoms with Crippen molar-refractivity contribution in [1.29, 1.82) is 0 Å². The van der Waals surface area contributed by atoms with E-state index in [1.807, 2.05) is 13.8 Å². The van der Waals surface area contributed by atoms with Crippen molar-refractivity contribution in [3.63, 3.8) is 0 Å². The maximum absolute atomic E-state index is 11.2. The highest BCUT2D eigenvalue weighted by molar-refractivity contribution is 7.92. The molecule has 0 aliphatic carbocycles. The molecule has 0 saturated carbocycles. The predicted octanol–water partition coefficient (Wildman–Crippen LogP) is 3.39. The standard InChI is InChI=1S/C11H21NO3S/c1-6-11(5)8(10(2,3)4)7-15-16-12(11)9(13)14/h8H,6-7H2,1-5H3,(H,13,14).